The van der Waals surface area contributed by atoms with Crippen LogP contribution in [0.15, 0.2) is 42.5 Å². The highest BCUT2D eigenvalue weighted by Gasteiger charge is 2.17. The molecule has 0 atom stereocenters. The van der Waals surface area contributed by atoms with Gasteiger partial charge in [-0.3, -0.25) is 0 Å². The smallest absolute Gasteiger partial charge is 0.212 e. The number of halogens is 1. The van der Waals surface area contributed by atoms with Crippen molar-refractivity contribution < 1.29 is 8.42 Å². The van der Waals surface area contributed by atoms with Crippen molar-refractivity contribution in [1.82, 2.24) is 4.31 Å². The van der Waals surface area contributed by atoms with Crippen LogP contribution in [0.5, 0.6) is 0 Å². The quantitative estimate of drug-likeness (QED) is 0.796. The van der Waals surface area contributed by atoms with E-state index in [1.807, 2.05) is 42.5 Å². The number of rotatable bonds is 5. The maximum atomic E-state index is 11.8. The lowest BCUT2D eigenvalue weighted by molar-refractivity contribution is 0.468. The summed E-state index contributed by atoms with van der Waals surface area (Å²) in [5, 5.41) is 2.26. The number of sulfonamides is 1. The molecule has 0 aliphatic rings. The zero-order valence-corrected chi connectivity index (χ0v) is 12.3. The number of hydrogen-bond acceptors (Lipinski definition) is 2. The van der Waals surface area contributed by atoms with Crippen LogP contribution in [0.4, 0.5) is 0 Å². The van der Waals surface area contributed by atoms with E-state index in [1.54, 1.807) is 7.05 Å². The lowest BCUT2D eigenvalue weighted by atomic mass is 10.1. The molecule has 0 fully saturated rings. The van der Waals surface area contributed by atoms with Gasteiger partial charge < -0.3 is 0 Å². The first-order valence-corrected chi connectivity index (χ1v) is 8.15. The second kappa shape index (κ2) is 5.90. The van der Waals surface area contributed by atoms with E-state index in [9.17, 15) is 8.42 Å². The molecular weight excluding hydrogens is 282 g/mol. The Balaban J connectivity index is 2.22. The third-order valence-corrected chi connectivity index (χ3v) is 5.24. The molecule has 0 unspecified atom stereocenters. The summed E-state index contributed by atoms with van der Waals surface area (Å²) in [5.74, 6) is 0.0863. The van der Waals surface area contributed by atoms with E-state index in [4.69, 9.17) is 11.6 Å². The minimum absolute atomic E-state index is 0.0291. The van der Waals surface area contributed by atoms with Gasteiger partial charge in [0.2, 0.25) is 10.0 Å². The van der Waals surface area contributed by atoms with Crippen molar-refractivity contribution in [2.45, 2.75) is 6.54 Å². The van der Waals surface area contributed by atoms with E-state index in [0.29, 0.717) is 6.54 Å². The third-order valence-electron chi connectivity index (χ3n) is 3.03. The van der Waals surface area contributed by atoms with Gasteiger partial charge in [0.15, 0.2) is 0 Å². The predicted octanol–water partition coefficient (Wildman–Crippen LogP) is 2.84. The Morgan fingerprint density at radius 2 is 1.79 bits per heavy atom. The van der Waals surface area contributed by atoms with Crippen LogP contribution in [0.3, 0.4) is 0 Å². The summed E-state index contributed by atoms with van der Waals surface area (Å²) < 4.78 is 25.0. The standard InChI is InChI=1S/C14H16ClNO2S/c1-16(19(17,18)9-8-15)11-12-6-7-13-4-2-3-5-14(13)10-12/h2-7,10H,8-9,11H2,1H3. The van der Waals surface area contributed by atoms with Crippen molar-refractivity contribution in [2.24, 2.45) is 0 Å². The zero-order valence-electron chi connectivity index (χ0n) is 10.7. The number of nitrogens with zero attached hydrogens (tertiary/aromatic N) is 1. The summed E-state index contributed by atoms with van der Waals surface area (Å²) in [7, 11) is -1.68. The maximum absolute atomic E-state index is 11.8. The number of fused-ring (bicyclic) bond motifs is 1. The maximum Gasteiger partial charge on any atom is 0.215 e. The summed E-state index contributed by atoms with van der Waals surface area (Å²) in [6.45, 7) is 0.365. The van der Waals surface area contributed by atoms with E-state index >= 15 is 0 Å². The average molecular weight is 298 g/mol. The minimum atomic E-state index is -3.26. The Labute approximate surface area is 118 Å². The lowest BCUT2D eigenvalue weighted by Crippen LogP contribution is -2.29. The Kier molecular flexibility index (Phi) is 4.45. The van der Waals surface area contributed by atoms with Gasteiger partial charge in [-0.05, 0) is 22.4 Å². The van der Waals surface area contributed by atoms with E-state index < -0.39 is 10.0 Å². The van der Waals surface area contributed by atoms with Gasteiger partial charge in [0.1, 0.15) is 0 Å². The van der Waals surface area contributed by atoms with Crippen molar-refractivity contribution >= 4 is 32.4 Å². The molecule has 102 valence electrons. The van der Waals surface area contributed by atoms with Crippen LogP contribution in [0.1, 0.15) is 5.56 Å². The van der Waals surface area contributed by atoms with Gasteiger partial charge in [-0.15, -0.1) is 11.6 Å². The Hall–Kier alpha value is -1.10. The molecule has 0 spiro atoms. The van der Waals surface area contributed by atoms with Crippen molar-refractivity contribution in [3.05, 3.63) is 48.0 Å². The summed E-state index contributed by atoms with van der Waals surface area (Å²) in [4.78, 5) is 0. The molecule has 2 aromatic rings. The SMILES string of the molecule is CN(Cc1ccc2ccccc2c1)S(=O)(=O)CCCl. The van der Waals surface area contributed by atoms with Crippen molar-refractivity contribution in [3.63, 3.8) is 0 Å². The molecule has 3 nitrogen and oxygen atoms in total. The van der Waals surface area contributed by atoms with Crippen LogP contribution in [-0.4, -0.2) is 31.4 Å². The van der Waals surface area contributed by atoms with Crippen LogP contribution >= 0.6 is 11.6 Å². The van der Waals surface area contributed by atoms with E-state index in [1.165, 1.54) is 4.31 Å². The fraction of sp³-hybridized carbons (Fsp3) is 0.286. The molecule has 2 aromatic carbocycles. The summed E-state index contributed by atoms with van der Waals surface area (Å²) >= 11 is 5.51. The van der Waals surface area contributed by atoms with Crippen molar-refractivity contribution in [1.29, 1.82) is 0 Å². The second-order valence-corrected chi connectivity index (χ2v) is 7.02. The van der Waals surface area contributed by atoms with Crippen LogP contribution in [0.2, 0.25) is 0 Å². The second-order valence-electron chi connectivity index (χ2n) is 4.44. The van der Waals surface area contributed by atoms with Gasteiger partial charge in [-0.25, -0.2) is 12.7 Å². The largest absolute Gasteiger partial charge is 0.215 e. The van der Waals surface area contributed by atoms with Gasteiger partial charge in [-0.1, -0.05) is 36.4 Å². The Morgan fingerprint density at radius 1 is 1.11 bits per heavy atom. The molecule has 0 aromatic heterocycles. The molecule has 0 N–H and O–H groups in total. The predicted molar refractivity (Wildman–Crippen MR) is 79.9 cm³/mol. The molecule has 0 saturated heterocycles. The summed E-state index contributed by atoms with van der Waals surface area (Å²) in [5.41, 5.74) is 0.972. The van der Waals surface area contributed by atoms with E-state index in [2.05, 4.69) is 0 Å². The fourth-order valence-corrected chi connectivity index (χ4v) is 3.38. The molecular formula is C14H16ClNO2S. The molecule has 0 amide bonds. The average Bonchev–Trinajstić information content (AvgIpc) is 2.38. The van der Waals surface area contributed by atoms with Crippen molar-refractivity contribution in [3.8, 4) is 0 Å². The molecule has 19 heavy (non-hydrogen) atoms. The fourth-order valence-electron chi connectivity index (χ4n) is 1.95. The molecule has 0 radical (unpaired) electrons. The molecule has 5 heteroatoms. The van der Waals surface area contributed by atoms with Gasteiger partial charge in [-0.2, -0.15) is 0 Å². The van der Waals surface area contributed by atoms with E-state index in [-0.39, 0.29) is 11.6 Å². The minimum Gasteiger partial charge on any atom is -0.212 e. The summed E-state index contributed by atoms with van der Waals surface area (Å²) in [6.07, 6.45) is 0. The van der Waals surface area contributed by atoms with Crippen LogP contribution in [0, 0.1) is 0 Å². The molecule has 2 rings (SSSR count). The lowest BCUT2D eigenvalue weighted by Gasteiger charge is -2.16. The topological polar surface area (TPSA) is 37.4 Å². The molecule has 0 bridgehead atoms. The van der Waals surface area contributed by atoms with Crippen LogP contribution in [-0.2, 0) is 16.6 Å². The van der Waals surface area contributed by atoms with E-state index in [0.717, 1.165) is 16.3 Å². The molecule has 0 saturated carbocycles. The van der Waals surface area contributed by atoms with Crippen molar-refractivity contribution in [2.75, 3.05) is 18.7 Å². The molecule has 0 aliphatic heterocycles. The van der Waals surface area contributed by atoms with Gasteiger partial charge in [0.05, 0.1) is 5.75 Å². The molecule has 0 aliphatic carbocycles. The number of hydrogen-bond donors (Lipinski definition) is 0. The third kappa shape index (κ3) is 3.47. The highest BCUT2D eigenvalue weighted by molar-refractivity contribution is 7.89. The van der Waals surface area contributed by atoms with Crippen LogP contribution in [0.25, 0.3) is 10.8 Å². The Morgan fingerprint density at radius 3 is 2.47 bits per heavy atom. The highest BCUT2D eigenvalue weighted by Crippen LogP contribution is 2.17. The highest BCUT2D eigenvalue weighted by atomic mass is 35.5. The Bertz CT molecular complexity index is 670. The van der Waals surface area contributed by atoms with Gasteiger partial charge in [0.25, 0.3) is 0 Å². The number of benzene rings is 2. The van der Waals surface area contributed by atoms with Gasteiger partial charge in [0, 0.05) is 19.5 Å². The monoisotopic (exact) mass is 297 g/mol. The van der Waals surface area contributed by atoms with Crippen LogP contribution < -0.4 is 0 Å². The molecule has 0 heterocycles. The first kappa shape index (κ1) is 14.3. The summed E-state index contributed by atoms with van der Waals surface area (Å²) in [6, 6.07) is 14.0. The normalized spacial score (nSPS) is 12.2. The first-order chi connectivity index (χ1) is 9.03. The number of alkyl halides is 1. The first-order valence-electron chi connectivity index (χ1n) is 6.00. The van der Waals surface area contributed by atoms with Gasteiger partial charge >= 0.3 is 0 Å². The zero-order chi connectivity index (χ0) is 13.9.